The van der Waals surface area contributed by atoms with Gasteiger partial charge in [0.1, 0.15) is 0 Å². The summed E-state index contributed by atoms with van der Waals surface area (Å²) < 4.78 is 0. The van der Waals surface area contributed by atoms with Gasteiger partial charge in [-0.25, -0.2) is 0 Å². The maximum atomic E-state index is 12.8. The van der Waals surface area contributed by atoms with Crippen LogP contribution in [-0.4, -0.2) is 49.2 Å². The van der Waals surface area contributed by atoms with E-state index in [2.05, 4.69) is 43.0 Å². The van der Waals surface area contributed by atoms with Crippen LogP contribution in [0.25, 0.3) is 6.08 Å². The first-order chi connectivity index (χ1) is 15.6. The Morgan fingerprint density at radius 3 is 2.64 bits per heavy atom. The highest BCUT2D eigenvalue weighted by Crippen LogP contribution is 2.65. The summed E-state index contributed by atoms with van der Waals surface area (Å²) in [5, 5.41) is 11.6. The minimum atomic E-state index is -0.194. The number of nitrogens with zero attached hydrogens (tertiary/aromatic N) is 2. The first-order valence-electron chi connectivity index (χ1n) is 12.4. The molecular formula is C28H37ClN2O2. The van der Waals surface area contributed by atoms with Crippen molar-refractivity contribution in [3.63, 3.8) is 0 Å². The third kappa shape index (κ3) is 3.39. The molecule has 4 nitrogen and oxygen atoms in total. The van der Waals surface area contributed by atoms with E-state index in [1.165, 1.54) is 5.57 Å². The lowest BCUT2D eigenvalue weighted by Gasteiger charge is -2.60. The minimum Gasteiger partial charge on any atom is -0.393 e. The van der Waals surface area contributed by atoms with Crippen molar-refractivity contribution in [1.82, 2.24) is 4.90 Å². The number of likely N-dealkylation sites (N-methyl/N-ethyl adjacent to an activating group) is 1. The maximum absolute atomic E-state index is 12.8. The summed E-state index contributed by atoms with van der Waals surface area (Å²) in [7, 11) is 5.98. The van der Waals surface area contributed by atoms with Crippen LogP contribution in [-0.2, 0) is 4.79 Å². The number of amides is 1. The Morgan fingerprint density at radius 1 is 1.18 bits per heavy atom. The SMILES string of the molecule is CN(C)c1ccc(C=C2C[C@@H]3[C@@H](CC[C@]4(C)C(O)CC[C@@H]34)[C@@]3(C)C=CC(=O)N(C)C23)c(Cl)c1. The molecule has 0 aromatic heterocycles. The fourth-order valence-electron chi connectivity index (χ4n) is 7.93. The number of halogens is 1. The fraction of sp³-hybridized carbons (Fsp3) is 0.607. The third-order valence-electron chi connectivity index (χ3n) is 9.76. The zero-order valence-electron chi connectivity index (χ0n) is 20.5. The second kappa shape index (κ2) is 7.88. The van der Waals surface area contributed by atoms with E-state index >= 15 is 0 Å². The molecule has 0 bridgehead atoms. The number of carbonyl (C=O) groups excluding carboxylic acids is 1. The molecule has 3 saturated carbocycles. The van der Waals surface area contributed by atoms with Gasteiger partial charge in [-0.15, -0.1) is 0 Å². The van der Waals surface area contributed by atoms with Crippen molar-refractivity contribution in [2.45, 2.75) is 58.1 Å². The molecule has 0 saturated heterocycles. The zero-order valence-corrected chi connectivity index (χ0v) is 21.3. The number of hydrogen-bond acceptors (Lipinski definition) is 3. The van der Waals surface area contributed by atoms with Gasteiger partial charge < -0.3 is 14.9 Å². The van der Waals surface area contributed by atoms with Gasteiger partial charge in [0.25, 0.3) is 0 Å². The average molecular weight is 469 g/mol. The third-order valence-corrected chi connectivity index (χ3v) is 10.1. The van der Waals surface area contributed by atoms with E-state index in [9.17, 15) is 9.90 Å². The van der Waals surface area contributed by atoms with Gasteiger partial charge in [-0.3, -0.25) is 4.79 Å². The number of aliphatic hydroxyl groups is 1. The summed E-state index contributed by atoms with van der Waals surface area (Å²) in [4.78, 5) is 16.8. The van der Waals surface area contributed by atoms with Gasteiger partial charge in [0.15, 0.2) is 0 Å². The Kier molecular flexibility index (Phi) is 5.49. The molecule has 33 heavy (non-hydrogen) atoms. The lowest BCUT2D eigenvalue weighted by Crippen LogP contribution is -2.60. The molecule has 1 aromatic rings. The largest absolute Gasteiger partial charge is 0.393 e. The molecule has 2 unspecified atom stereocenters. The van der Waals surface area contributed by atoms with Crippen molar-refractivity contribution in [3.05, 3.63) is 46.5 Å². The van der Waals surface area contributed by atoms with Crippen molar-refractivity contribution < 1.29 is 9.90 Å². The molecule has 5 rings (SSSR count). The molecule has 1 aromatic carbocycles. The van der Waals surface area contributed by atoms with E-state index in [0.717, 1.165) is 48.4 Å². The lowest BCUT2D eigenvalue weighted by molar-refractivity contribution is -0.135. The quantitative estimate of drug-likeness (QED) is 0.632. The molecule has 0 radical (unpaired) electrons. The Bertz CT molecular complexity index is 1030. The molecule has 7 atom stereocenters. The lowest BCUT2D eigenvalue weighted by atomic mass is 9.47. The highest BCUT2D eigenvalue weighted by Gasteiger charge is 2.61. The Hall–Kier alpha value is -1.78. The molecular weight excluding hydrogens is 432 g/mol. The second-order valence-corrected chi connectivity index (χ2v) is 12.0. The van der Waals surface area contributed by atoms with Crippen LogP contribution in [0.5, 0.6) is 0 Å². The van der Waals surface area contributed by atoms with Crippen LogP contribution in [0.4, 0.5) is 5.69 Å². The standard InChI is InChI=1S/C28H37ClN2O2/c1-27-12-10-22-20(21(27)8-9-24(27)32)15-18(26-28(22,2)13-11-25(33)31(26)5)14-17-6-7-19(30(3)4)16-23(17)29/h6-7,11,13-14,16,20-22,24,26,32H,8-10,12,15H2,1-5H3/t20-,21-,22+,24?,26?,27-,28+/m0/s1. The van der Waals surface area contributed by atoms with E-state index < -0.39 is 0 Å². The Labute approximate surface area is 203 Å². The number of carbonyl (C=O) groups is 1. The predicted molar refractivity (Wildman–Crippen MR) is 135 cm³/mol. The molecule has 0 spiro atoms. The van der Waals surface area contributed by atoms with E-state index in [-0.39, 0.29) is 28.9 Å². The molecule has 3 fully saturated rings. The molecule has 3 aliphatic carbocycles. The number of hydrogen-bond donors (Lipinski definition) is 1. The van der Waals surface area contributed by atoms with Crippen LogP contribution >= 0.6 is 11.6 Å². The normalized spacial score (nSPS) is 41.1. The van der Waals surface area contributed by atoms with Crippen molar-refractivity contribution in [3.8, 4) is 0 Å². The van der Waals surface area contributed by atoms with Gasteiger partial charge in [0.2, 0.25) is 5.91 Å². The van der Waals surface area contributed by atoms with Gasteiger partial charge in [-0.2, -0.15) is 0 Å². The number of anilines is 1. The molecule has 5 heteroatoms. The Morgan fingerprint density at radius 2 is 1.94 bits per heavy atom. The minimum absolute atomic E-state index is 0.0145. The molecule has 1 heterocycles. The number of aliphatic hydroxyl groups excluding tert-OH is 1. The molecule has 178 valence electrons. The first-order valence-corrected chi connectivity index (χ1v) is 12.8. The summed E-state index contributed by atoms with van der Waals surface area (Å²) in [6, 6.07) is 6.25. The zero-order chi connectivity index (χ0) is 23.7. The smallest absolute Gasteiger partial charge is 0.246 e. The summed E-state index contributed by atoms with van der Waals surface area (Å²) >= 11 is 6.74. The van der Waals surface area contributed by atoms with Crippen LogP contribution in [0, 0.1) is 28.6 Å². The average Bonchev–Trinajstić information content (AvgIpc) is 3.07. The topological polar surface area (TPSA) is 43.8 Å². The van der Waals surface area contributed by atoms with E-state index in [0.29, 0.717) is 17.8 Å². The van der Waals surface area contributed by atoms with E-state index in [1.807, 2.05) is 32.1 Å². The van der Waals surface area contributed by atoms with E-state index in [4.69, 9.17) is 11.6 Å². The molecule has 1 amide bonds. The summed E-state index contributed by atoms with van der Waals surface area (Å²) in [6.45, 7) is 4.67. The van der Waals surface area contributed by atoms with Crippen molar-refractivity contribution in [2.24, 2.45) is 28.6 Å². The van der Waals surface area contributed by atoms with Crippen LogP contribution in [0.3, 0.4) is 0 Å². The monoisotopic (exact) mass is 468 g/mol. The van der Waals surface area contributed by atoms with Crippen LogP contribution in [0.15, 0.2) is 35.9 Å². The van der Waals surface area contributed by atoms with Gasteiger partial charge >= 0.3 is 0 Å². The van der Waals surface area contributed by atoms with Gasteiger partial charge in [0.05, 0.1) is 12.1 Å². The van der Waals surface area contributed by atoms with Crippen molar-refractivity contribution in [2.75, 3.05) is 26.0 Å². The molecule has 4 aliphatic rings. The van der Waals surface area contributed by atoms with Gasteiger partial charge in [0, 0.05) is 37.3 Å². The van der Waals surface area contributed by atoms with Crippen LogP contribution in [0.2, 0.25) is 5.02 Å². The maximum Gasteiger partial charge on any atom is 0.246 e. The highest BCUT2D eigenvalue weighted by molar-refractivity contribution is 6.32. The highest BCUT2D eigenvalue weighted by atomic mass is 35.5. The van der Waals surface area contributed by atoms with Crippen LogP contribution in [0.1, 0.15) is 51.5 Å². The van der Waals surface area contributed by atoms with Gasteiger partial charge in [-0.05, 0) is 84.6 Å². The van der Waals surface area contributed by atoms with Crippen molar-refractivity contribution in [1.29, 1.82) is 0 Å². The Balaban J connectivity index is 1.61. The number of benzene rings is 1. The van der Waals surface area contributed by atoms with E-state index in [1.54, 1.807) is 6.08 Å². The number of fused-ring (bicyclic) bond motifs is 5. The second-order valence-electron chi connectivity index (χ2n) is 11.6. The van der Waals surface area contributed by atoms with Gasteiger partial charge in [-0.1, -0.05) is 43.7 Å². The predicted octanol–water partition coefficient (Wildman–Crippen LogP) is 5.40. The molecule has 1 N–H and O–H groups in total. The summed E-state index contributed by atoms with van der Waals surface area (Å²) in [5.41, 5.74) is 3.29. The van der Waals surface area contributed by atoms with Crippen molar-refractivity contribution >= 4 is 29.3 Å². The first kappa shape index (κ1) is 23.0. The van der Waals surface area contributed by atoms with Crippen LogP contribution < -0.4 is 4.90 Å². The number of rotatable bonds is 2. The molecule has 1 aliphatic heterocycles. The fourth-order valence-corrected chi connectivity index (χ4v) is 8.16. The summed E-state index contributed by atoms with van der Waals surface area (Å²) in [6.07, 6.45) is 11.2. The summed E-state index contributed by atoms with van der Waals surface area (Å²) in [5.74, 6) is 1.63.